The van der Waals surface area contributed by atoms with Crippen LogP contribution in [0.2, 0.25) is 5.02 Å². The normalized spacial score (nSPS) is 16.5. The number of nitrogens with two attached hydrogens (primary N) is 1. The summed E-state index contributed by atoms with van der Waals surface area (Å²) in [7, 11) is 1.44. The number of alkyl halides is 3. The van der Waals surface area contributed by atoms with Gasteiger partial charge in [0, 0.05) is 51.7 Å². The Labute approximate surface area is 242 Å². The van der Waals surface area contributed by atoms with Crippen LogP contribution < -0.4 is 11.1 Å². The van der Waals surface area contributed by atoms with Crippen molar-refractivity contribution >= 4 is 35.0 Å². The van der Waals surface area contributed by atoms with Gasteiger partial charge < -0.3 is 30.5 Å². The number of halogens is 4. The minimum atomic E-state index is -4.68. The highest BCUT2D eigenvalue weighted by atomic mass is 35.5. The lowest BCUT2D eigenvalue weighted by Gasteiger charge is -2.35. The number of aliphatic hydroxyl groups excluding tert-OH is 1. The van der Waals surface area contributed by atoms with Gasteiger partial charge in [0.25, 0.3) is 17.7 Å². The summed E-state index contributed by atoms with van der Waals surface area (Å²) in [5, 5.41) is 16.1. The third-order valence-electron chi connectivity index (χ3n) is 7.23. The van der Waals surface area contributed by atoms with Crippen molar-refractivity contribution in [2.24, 2.45) is 12.8 Å². The molecule has 2 aliphatic rings. The first-order valence-corrected chi connectivity index (χ1v) is 13.5. The molecule has 4 N–H and O–H groups in total. The monoisotopic (exact) mass is 608 g/mol. The number of piperazine rings is 1. The molecule has 0 radical (unpaired) electrons. The third-order valence-corrected chi connectivity index (χ3v) is 7.55. The maximum Gasteiger partial charge on any atom is 0.435 e. The van der Waals surface area contributed by atoms with E-state index in [1.165, 1.54) is 56.7 Å². The summed E-state index contributed by atoms with van der Waals surface area (Å²) in [5.74, 6) is -1.69. The molecule has 42 heavy (non-hydrogen) atoms. The standard InChI is InChI=1S/C26H28ClF3N8O4/c1-35-19(17-13-38(15-3-4-15)34-21(17)26(28,29)30)12-32-22(35)23(40)33-14-2-5-16(18(27)10-14)24(41)36-6-8-37(9-7-36)25(42)20(39)11-31/h2,5,10,12-13,15,20,39H,3-4,6-9,11,31H2,1H3,(H,33,40). The van der Waals surface area contributed by atoms with E-state index in [9.17, 15) is 32.7 Å². The molecular weight excluding hydrogens is 581 g/mol. The third kappa shape index (κ3) is 5.84. The number of anilines is 1. The molecule has 2 fully saturated rings. The molecule has 224 valence electrons. The SMILES string of the molecule is Cn1c(-c2cn(C3CC3)nc2C(F)(F)F)cnc1C(=O)Nc1ccc(C(=O)N2CCN(C(=O)C(O)CN)CC2)c(Cl)c1. The highest BCUT2D eigenvalue weighted by Gasteiger charge is 2.40. The maximum absolute atomic E-state index is 13.7. The van der Waals surface area contributed by atoms with Crippen molar-refractivity contribution in [1.82, 2.24) is 29.1 Å². The van der Waals surface area contributed by atoms with Crippen LogP contribution in [0.5, 0.6) is 0 Å². The van der Waals surface area contributed by atoms with E-state index in [1.54, 1.807) is 0 Å². The number of imidazole rings is 1. The number of nitrogens with one attached hydrogen (secondary N) is 1. The van der Waals surface area contributed by atoms with Crippen molar-refractivity contribution in [2.45, 2.75) is 31.2 Å². The molecule has 1 unspecified atom stereocenters. The van der Waals surface area contributed by atoms with Gasteiger partial charge in [0.2, 0.25) is 0 Å². The number of nitrogens with zero attached hydrogens (tertiary/aromatic N) is 6. The summed E-state index contributed by atoms with van der Waals surface area (Å²) < 4.78 is 43.7. The van der Waals surface area contributed by atoms with Crippen LogP contribution >= 0.6 is 11.6 Å². The van der Waals surface area contributed by atoms with E-state index in [-0.39, 0.29) is 78.0 Å². The Bertz CT molecular complexity index is 1530. The number of carbonyl (C=O) groups excluding carboxylic acids is 3. The zero-order valence-corrected chi connectivity index (χ0v) is 23.2. The first-order valence-electron chi connectivity index (χ1n) is 13.1. The molecule has 1 atom stereocenters. The number of aliphatic hydroxyl groups is 1. The predicted octanol–water partition coefficient (Wildman–Crippen LogP) is 2.15. The van der Waals surface area contributed by atoms with E-state index < -0.39 is 29.8 Å². The number of carbonyl (C=O) groups is 3. The molecule has 3 aromatic rings. The average molecular weight is 609 g/mol. The Morgan fingerprint density at radius 3 is 2.43 bits per heavy atom. The highest BCUT2D eigenvalue weighted by molar-refractivity contribution is 6.34. The zero-order chi connectivity index (χ0) is 30.3. The summed E-state index contributed by atoms with van der Waals surface area (Å²) in [6.07, 6.45) is -1.95. The molecule has 1 aliphatic heterocycles. The Balaban J connectivity index is 1.27. The van der Waals surface area contributed by atoms with Crippen LogP contribution in [-0.4, -0.2) is 90.8 Å². The predicted molar refractivity (Wildman–Crippen MR) is 145 cm³/mol. The van der Waals surface area contributed by atoms with Crippen molar-refractivity contribution in [3.63, 3.8) is 0 Å². The lowest BCUT2D eigenvalue weighted by atomic mass is 10.1. The molecular formula is C26H28ClF3N8O4. The smallest absolute Gasteiger partial charge is 0.382 e. The molecule has 16 heteroatoms. The fourth-order valence-electron chi connectivity index (χ4n) is 4.75. The highest BCUT2D eigenvalue weighted by Crippen LogP contribution is 2.41. The van der Waals surface area contributed by atoms with Gasteiger partial charge in [0.1, 0.15) is 6.10 Å². The summed E-state index contributed by atoms with van der Waals surface area (Å²) in [4.78, 5) is 45.2. The second-order valence-electron chi connectivity index (χ2n) is 10.1. The molecule has 1 saturated heterocycles. The summed E-state index contributed by atoms with van der Waals surface area (Å²) in [5.41, 5.74) is 4.63. The molecule has 1 aromatic carbocycles. The molecule has 0 spiro atoms. The minimum Gasteiger partial charge on any atom is -0.382 e. The van der Waals surface area contributed by atoms with Gasteiger partial charge >= 0.3 is 6.18 Å². The van der Waals surface area contributed by atoms with Crippen LogP contribution in [0.25, 0.3) is 11.3 Å². The topological polar surface area (TPSA) is 152 Å². The van der Waals surface area contributed by atoms with Crippen molar-refractivity contribution in [3.8, 4) is 11.3 Å². The van der Waals surface area contributed by atoms with Crippen molar-refractivity contribution < 1.29 is 32.7 Å². The number of rotatable bonds is 7. The van der Waals surface area contributed by atoms with Crippen LogP contribution in [0, 0.1) is 0 Å². The van der Waals surface area contributed by atoms with E-state index in [0.717, 1.165) is 12.8 Å². The number of benzene rings is 1. The van der Waals surface area contributed by atoms with Gasteiger partial charge in [-0.2, -0.15) is 18.3 Å². The van der Waals surface area contributed by atoms with Crippen molar-refractivity contribution in [3.05, 3.63) is 52.7 Å². The number of hydrogen-bond donors (Lipinski definition) is 3. The van der Waals surface area contributed by atoms with Gasteiger partial charge in [-0.3, -0.25) is 19.1 Å². The second-order valence-corrected chi connectivity index (χ2v) is 10.6. The Hall–Kier alpha value is -3.95. The Morgan fingerprint density at radius 2 is 1.83 bits per heavy atom. The van der Waals surface area contributed by atoms with Gasteiger partial charge in [-0.05, 0) is 31.0 Å². The molecule has 1 saturated carbocycles. The quantitative estimate of drug-likeness (QED) is 0.372. The molecule has 3 amide bonds. The molecule has 12 nitrogen and oxygen atoms in total. The molecule has 2 aromatic heterocycles. The Morgan fingerprint density at radius 1 is 1.17 bits per heavy atom. The van der Waals surface area contributed by atoms with Gasteiger partial charge in [-0.15, -0.1) is 0 Å². The fraction of sp³-hybridized carbons (Fsp3) is 0.423. The second kappa shape index (κ2) is 11.4. The lowest BCUT2D eigenvalue weighted by Crippen LogP contribution is -2.53. The van der Waals surface area contributed by atoms with Crippen LogP contribution in [0.15, 0.2) is 30.6 Å². The van der Waals surface area contributed by atoms with E-state index in [1.807, 2.05) is 0 Å². The first kappa shape index (κ1) is 29.5. The van der Waals surface area contributed by atoms with Gasteiger partial charge in [0.05, 0.1) is 34.1 Å². The molecule has 5 rings (SSSR count). The fourth-order valence-corrected chi connectivity index (χ4v) is 5.01. The van der Waals surface area contributed by atoms with Gasteiger partial charge in [0.15, 0.2) is 11.5 Å². The zero-order valence-electron chi connectivity index (χ0n) is 22.4. The average Bonchev–Trinajstić information content (AvgIpc) is 3.59. The largest absolute Gasteiger partial charge is 0.435 e. The van der Waals surface area contributed by atoms with E-state index in [0.29, 0.717) is 0 Å². The number of aromatic nitrogens is 4. The Kier molecular flexibility index (Phi) is 8.00. The molecule has 3 heterocycles. The lowest BCUT2D eigenvalue weighted by molar-refractivity contribution is -0.141. The molecule has 1 aliphatic carbocycles. The van der Waals surface area contributed by atoms with Crippen LogP contribution in [0.1, 0.15) is 45.6 Å². The van der Waals surface area contributed by atoms with Gasteiger partial charge in [-0.25, -0.2) is 4.98 Å². The molecule has 0 bridgehead atoms. The van der Waals surface area contributed by atoms with Crippen molar-refractivity contribution in [2.75, 3.05) is 38.0 Å². The van der Waals surface area contributed by atoms with Crippen LogP contribution in [-0.2, 0) is 18.0 Å². The van der Waals surface area contributed by atoms with E-state index >= 15 is 0 Å². The maximum atomic E-state index is 13.7. The van der Waals surface area contributed by atoms with Gasteiger partial charge in [-0.1, -0.05) is 11.6 Å². The van der Waals surface area contributed by atoms with Crippen LogP contribution in [0.4, 0.5) is 18.9 Å². The van der Waals surface area contributed by atoms with Crippen molar-refractivity contribution in [1.29, 1.82) is 0 Å². The van der Waals surface area contributed by atoms with E-state index in [4.69, 9.17) is 17.3 Å². The summed E-state index contributed by atoms with van der Waals surface area (Å²) in [6, 6.07) is 4.23. The number of amides is 3. The minimum absolute atomic E-state index is 0.0673. The number of hydrogen-bond acceptors (Lipinski definition) is 7. The first-order chi connectivity index (χ1) is 19.9. The van der Waals surface area contributed by atoms with E-state index in [2.05, 4.69) is 15.4 Å². The summed E-state index contributed by atoms with van der Waals surface area (Å²) in [6.45, 7) is 0.722. The van der Waals surface area contributed by atoms with Crippen LogP contribution in [0.3, 0.4) is 0 Å². The summed E-state index contributed by atoms with van der Waals surface area (Å²) >= 11 is 6.37.